The van der Waals surface area contributed by atoms with E-state index in [1.165, 1.54) is 5.56 Å². The summed E-state index contributed by atoms with van der Waals surface area (Å²) in [6, 6.07) is 0. The van der Waals surface area contributed by atoms with Crippen LogP contribution in [0.15, 0.2) is 23.5 Å². The third kappa shape index (κ3) is 3.01. The normalized spacial score (nSPS) is 20.7. The lowest BCUT2D eigenvalue weighted by Crippen LogP contribution is -2.38. The van der Waals surface area contributed by atoms with Gasteiger partial charge in [0.15, 0.2) is 0 Å². The second kappa shape index (κ2) is 6.25. The molecule has 2 fully saturated rings. The highest BCUT2D eigenvalue weighted by atomic mass is 32.2. The maximum absolute atomic E-state index is 13.2. The number of hydrogen-bond donors (Lipinski definition) is 0. The maximum Gasteiger partial charge on any atom is 0.246 e. The summed E-state index contributed by atoms with van der Waals surface area (Å²) in [4.78, 5) is 0.416. The monoisotopic (exact) mass is 363 g/mol. The molecule has 4 rings (SSSR count). The smallest absolute Gasteiger partial charge is 0.246 e. The van der Waals surface area contributed by atoms with Crippen LogP contribution in [0.25, 0.3) is 0 Å². The molecule has 0 spiro atoms. The van der Waals surface area contributed by atoms with Gasteiger partial charge in [-0.2, -0.15) is 14.5 Å². The summed E-state index contributed by atoms with van der Waals surface area (Å²) >= 11 is 0. The molecule has 1 aliphatic carbocycles. The van der Waals surface area contributed by atoms with E-state index < -0.39 is 10.0 Å². The van der Waals surface area contributed by atoms with Crippen LogP contribution < -0.4 is 0 Å². The zero-order chi connectivity index (χ0) is 17.6. The summed E-state index contributed by atoms with van der Waals surface area (Å²) in [5, 5.41) is 8.69. The molecule has 0 unspecified atom stereocenters. The van der Waals surface area contributed by atoms with Gasteiger partial charge >= 0.3 is 0 Å². The average Bonchev–Trinajstić information content (AvgIpc) is 3.12. The SMILES string of the molecule is Cn1cc(C2CCN(S(=O)(=O)c3cn(C)nc3C3CCC3)CC2)cn1. The van der Waals surface area contributed by atoms with Crippen molar-refractivity contribution in [1.29, 1.82) is 0 Å². The van der Waals surface area contributed by atoms with Crippen LogP contribution in [0, 0.1) is 0 Å². The number of rotatable bonds is 4. The van der Waals surface area contributed by atoms with Crippen LogP contribution in [0.2, 0.25) is 0 Å². The van der Waals surface area contributed by atoms with Gasteiger partial charge in [-0.3, -0.25) is 9.36 Å². The Morgan fingerprint density at radius 3 is 2.28 bits per heavy atom. The molecule has 7 nitrogen and oxygen atoms in total. The molecular formula is C17H25N5O2S. The molecule has 1 saturated carbocycles. The second-order valence-electron chi connectivity index (χ2n) is 7.31. The minimum atomic E-state index is -3.46. The van der Waals surface area contributed by atoms with Gasteiger partial charge in [-0.25, -0.2) is 8.42 Å². The van der Waals surface area contributed by atoms with E-state index in [1.54, 1.807) is 26.9 Å². The Balaban J connectivity index is 1.52. The van der Waals surface area contributed by atoms with Gasteiger partial charge in [-0.05, 0) is 37.2 Å². The largest absolute Gasteiger partial charge is 0.276 e. The molecule has 0 aromatic carbocycles. The molecule has 2 aromatic rings. The van der Waals surface area contributed by atoms with E-state index in [4.69, 9.17) is 0 Å². The Bertz CT molecular complexity index is 857. The van der Waals surface area contributed by atoms with Crippen molar-refractivity contribution in [3.63, 3.8) is 0 Å². The summed E-state index contributed by atoms with van der Waals surface area (Å²) in [6.07, 6.45) is 10.5. The fourth-order valence-corrected chi connectivity index (χ4v) is 5.59. The Morgan fingerprint density at radius 2 is 1.72 bits per heavy atom. The molecule has 0 bridgehead atoms. The number of aromatic nitrogens is 4. The number of nitrogens with zero attached hydrogens (tertiary/aromatic N) is 5. The van der Waals surface area contributed by atoms with Gasteiger partial charge in [0.05, 0.1) is 11.9 Å². The van der Waals surface area contributed by atoms with Crippen LogP contribution in [0.1, 0.15) is 55.2 Å². The number of sulfonamides is 1. The molecular weight excluding hydrogens is 338 g/mol. The van der Waals surface area contributed by atoms with Crippen molar-refractivity contribution >= 4 is 10.0 Å². The van der Waals surface area contributed by atoms with E-state index in [1.807, 2.05) is 19.4 Å². The van der Waals surface area contributed by atoms with E-state index in [0.717, 1.165) is 37.8 Å². The molecule has 2 aromatic heterocycles. The third-order valence-electron chi connectivity index (χ3n) is 5.58. The second-order valence-corrected chi connectivity index (χ2v) is 9.21. The molecule has 8 heteroatoms. The third-order valence-corrected chi connectivity index (χ3v) is 7.50. The van der Waals surface area contributed by atoms with Crippen molar-refractivity contribution in [3.05, 3.63) is 29.8 Å². The van der Waals surface area contributed by atoms with Crippen LogP contribution in [-0.4, -0.2) is 45.4 Å². The minimum Gasteiger partial charge on any atom is -0.276 e. The number of piperidine rings is 1. The zero-order valence-corrected chi connectivity index (χ0v) is 15.6. The van der Waals surface area contributed by atoms with Crippen molar-refractivity contribution in [3.8, 4) is 0 Å². The molecule has 0 radical (unpaired) electrons. The standard InChI is InChI=1S/C17H25N5O2S/c1-20-11-15(10-18-20)13-6-8-22(9-7-13)25(23,24)16-12-21(2)19-17(16)14-4-3-5-14/h10-14H,3-9H2,1-2H3. The van der Waals surface area contributed by atoms with Crippen LogP contribution in [0.3, 0.4) is 0 Å². The molecule has 1 aliphatic heterocycles. The number of aryl methyl sites for hydroxylation is 2. The van der Waals surface area contributed by atoms with Gasteiger partial charge in [0.1, 0.15) is 4.90 Å². The van der Waals surface area contributed by atoms with Crippen LogP contribution in [0.4, 0.5) is 0 Å². The van der Waals surface area contributed by atoms with E-state index in [0.29, 0.717) is 29.8 Å². The lowest BCUT2D eigenvalue weighted by atomic mass is 9.83. The summed E-state index contributed by atoms with van der Waals surface area (Å²) in [5.41, 5.74) is 1.97. The molecule has 3 heterocycles. The Morgan fingerprint density at radius 1 is 1.00 bits per heavy atom. The Kier molecular flexibility index (Phi) is 4.19. The van der Waals surface area contributed by atoms with E-state index in [-0.39, 0.29) is 0 Å². The zero-order valence-electron chi connectivity index (χ0n) is 14.8. The fraction of sp³-hybridized carbons (Fsp3) is 0.647. The highest BCUT2D eigenvalue weighted by Crippen LogP contribution is 2.39. The van der Waals surface area contributed by atoms with Gasteiger partial charge in [0.2, 0.25) is 10.0 Å². The van der Waals surface area contributed by atoms with Gasteiger partial charge in [0.25, 0.3) is 0 Å². The summed E-state index contributed by atoms with van der Waals surface area (Å²) in [7, 11) is 0.247. The van der Waals surface area contributed by atoms with Crippen molar-refractivity contribution < 1.29 is 8.42 Å². The van der Waals surface area contributed by atoms with Crippen molar-refractivity contribution in [2.45, 2.75) is 48.8 Å². The Labute approximate surface area is 148 Å². The molecule has 0 atom stereocenters. The summed E-state index contributed by atoms with van der Waals surface area (Å²) in [5.74, 6) is 0.694. The van der Waals surface area contributed by atoms with E-state index >= 15 is 0 Å². The predicted molar refractivity (Wildman–Crippen MR) is 93.7 cm³/mol. The molecule has 136 valence electrons. The number of hydrogen-bond acceptors (Lipinski definition) is 4. The van der Waals surface area contributed by atoms with Gasteiger partial charge < -0.3 is 0 Å². The topological polar surface area (TPSA) is 73.0 Å². The van der Waals surface area contributed by atoms with Crippen LogP contribution >= 0.6 is 0 Å². The highest BCUT2D eigenvalue weighted by Gasteiger charge is 2.36. The summed E-state index contributed by atoms with van der Waals surface area (Å²) in [6.45, 7) is 1.11. The molecule has 0 N–H and O–H groups in total. The first-order chi connectivity index (χ1) is 11.9. The predicted octanol–water partition coefficient (Wildman–Crippen LogP) is 1.99. The van der Waals surface area contributed by atoms with E-state index in [2.05, 4.69) is 10.2 Å². The lowest BCUT2D eigenvalue weighted by molar-refractivity contribution is 0.318. The van der Waals surface area contributed by atoms with Crippen molar-refractivity contribution in [2.24, 2.45) is 14.1 Å². The molecule has 2 aliphatic rings. The highest BCUT2D eigenvalue weighted by molar-refractivity contribution is 7.89. The summed E-state index contributed by atoms with van der Waals surface area (Å²) < 4.78 is 31.4. The fourth-order valence-electron chi connectivity index (χ4n) is 3.87. The van der Waals surface area contributed by atoms with Gasteiger partial charge in [0, 0.05) is 45.5 Å². The van der Waals surface area contributed by atoms with Gasteiger partial charge in [-0.1, -0.05) is 6.42 Å². The minimum absolute atomic E-state index is 0.305. The molecule has 1 saturated heterocycles. The average molecular weight is 363 g/mol. The first-order valence-corrected chi connectivity index (χ1v) is 10.4. The Hall–Kier alpha value is -1.67. The van der Waals surface area contributed by atoms with Crippen LogP contribution in [0.5, 0.6) is 0 Å². The van der Waals surface area contributed by atoms with Crippen molar-refractivity contribution in [1.82, 2.24) is 23.9 Å². The molecule has 0 amide bonds. The van der Waals surface area contributed by atoms with E-state index in [9.17, 15) is 8.42 Å². The quantitative estimate of drug-likeness (QED) is 0.833. The first kappa shape index (κ1) is 16.8. The first-order valence-electron chi connectivity index (χ1n) is 8.97. The maximum atomic E-state index is 13.2. The van der Waals surface area contributed by atoms with Gasteiger partial charge in [-0.15, -0.1) is 0 Å². The molecule has 25 heavy (non-hydrogen) atoms. The van der Waals surface area contributed by atoms with Crippen molar-refractivity contribution in [2.75, 3.05) is 13.1 Å². The lowest BCUT2D eigenvalue weighted by Gasteiger charge is -2.31. The van der Waals surface area contributed by atoms with Crippen LogP contribution in [-0.2, 0) is 24.1 Å².